The largest absolute Gasteiger partial charge is 0.354 e. The van der Waals surface area contributed by atoms with Gasteiger partial charge in [0.15, 0.2) is 0 Å². The predicted octanol–water partition coefficient (Wildman–Crippen LogP) is 1.77. The molecule has 0 radical (unpaired) electrons. The highest BCUT2D eigenvalue weighted by Gasteiger charge is 2.30. The summed E-state index contributed by atoms with van der Waals surface area (Å²) in [6.07, 6.45) is 2.41. The first kappa shape index (κ1) is 20.7. The van der Waals surface area contributed by atoms with Gasteiger partial charge in [-0.2, -0.15) is 4.31 Å². The summed E-state index contributed by atoms with van der Waals surface area (Å²) in [6.45, 7) is 4.92. The maximum Gasteiger partial charge on any atom is 0.251 e. The molecule has 0 aromatic heterocycles. The SMILES string of the molecule is CCCNC(=O)[C@@H](C)NC(=O)c1ccc(Cl)c(S(=O)(=O)N2CCCC2)c1. The monoisotopic (exact) mass is 401 g/mol. The van der Waals surface area contributed by atoms with Crippen LogP contribution in [0.15, 0.2) is 23.1 Å². The zero-order chi connectivity index (χ0) is 19.3. The minimum atomic E-state index is -3.74. The standard InChI is InChI=1S/C17H24ClN3O4S/c1-3-8-19-16(22)12(2)20-17(23)13-6-7-14(18)15(11-13)26(24,25)21-9-4-5-10-21/h6-7,11-12H,3-5,8-10H2,1-2H3,(H,19,22)(H,20,23)/t12-/m1/s1. The topological polar surface area (TPSA) is 95.6 Å². The Bertz CT molecular complexity index is 776. The van der Waals surface area contributed by atoms with Gasteiger partial charge in [-0.05, 0) is 44.4 Å². The average Bonchev–Trinajstić information content (AvgIpc) is 3.15. The fourth-order valence-electron chi connectivity index (χ4n) is 2.66. The Morgan fingerprint density at radius 1 is 1.27 bits per heavy atom. The van der Waals surface area contributed by atoms with Crippen molar-refractivity contribution in [3.05, 3.63) is 28.8 Å². The number of hydrogen-bond acceptors (Lipinski definition) is 4. The second-order valence-electron chi connectivity index (χ2n) is 6.24. The van der Waals surface area contributed by atoms with Gasteiger partial charge < -0.3 is 10.6 Å². The molecule has 1 aromatic rings. The van der Waals surface area contributed by atoms with E-state index < -0.39 is 22.0 Å². The number of rotatable bonds is 7. The molecule has 26 heavy (non-hydrogen) atoms. The van der Waals surface area contributed by atoms with Crippen LogP contribution in [0.25, 0.3) is 0 Å². The molecule has 0 saturated carbocycles. The highest BCUT2D eigenvalue weighted by Crippen LogP contribution is 2.28. The van der Waals surface area contributed by atoms with Crippen LogP contribution in [0, 0.1) is 0 Å². The number of amides is 2. The molecule has 1 heterocycles. The molecular formula is C17H24ClN3O4S. The van der Waals surface area contributed by atoms with Crippen LogP contribution in [0.3, 0.4) is 0 Å². The van der Waals surface area contributed by atoms with E-state index in [1.54, 1.807) is 6.92 Å². The highest BCUT2D eigenvalue weighted by atomic mass is 35.5. The summed E-state index contributed by atoms with van der Waals surface area (Å²) >= 11 is 6.08. The van der Waals surface area contributed by atoms with Gasteiger partial charge in [-0.3, -0.25) is 9.59 Å². The van der Waals surface area contributed by atoms with Crippen LogP contribution in [0.4, 0.5) is 0 Å². The van der Waals surface area contributed by atoms with Crippen molar-refractivity contribution >= 4 is 33.4 Å². The Hall–Kier alpha value is -1.64. The summed E-state index contributed by atoms with van der Waals surface area (Å²) in [6, 6.07) is 3.36. The Morgan fingerprint density at radius 2 is 1.92 bits per heavy atom. The number of benzene rings is 1. The molecule has 7 nitrogen and oxygen atoms in total. The molecule has 2 rings (SSSR count). The molecule has 1 aliphatic rings. The molecule has 0 spiro atoms. The molecule has 2 amide bonds. The van der Waals surface area contributed by atoms with Crippen LogP contribution in [0.2, 0.25) is 5.02 Å². The van der Waals surface area contributed by atoms with Crippen molar-refractivity contribution in [2.24, 2.45) is 0 Å². The molecule has 0 unspecified atom stereocenters. The van der Waals surface area contributed by atoms with Crippen LogP contribution in [0.5, 0.6) is 0 Å². The number of carbonyl (C=O) groups excluding carboxylic acids is 2. The number of halogens is 1. The van der Waals surface area contributed by atoms with Crippen molar-refractivity contribution in [1.29, 1.82) is 0 Å². The van der Waals surface area contributed by atoms with E-state index in [9.17, 15) is 18.0 Å². The van der Waals surface area contributed by atoms with Crippen molar-refractivity contribution in [3.8, 4) is 0 Å². The molecule has 144 valence electrons. The van der Waals surface area contributed by atoms with Gasteiger partial charge >= 0.3 is 0 Å². The second kappa shape index (κ2) is 8.83. The summed E-state index contributed by atoms with van der Waals surface area (Å²) < 4.78 is 26.8. The predicted molar refractivity (Wildman–Crippen MR) is 99.7 cm³/mol. The smallest absolute Gasteiger partial charge is 0.251 e. The van der Waals surface area contributed by atoms with Gasteiger partial charge in [0.2, 0.25) is 15.9 Å². The molecule has 1 aliphatic heterocycles. The minimum Gasteiger partial charge on any atom is -0.354 e. The lowest BCUT2D eigenvalue weighted by Crippen LogP contribution is -2.45. The Balaban J connectivity index is 2.18. The van der Waals surface area contributed by atoms with Crippen LogP contribution in [-0.4, -0.2) is 50.2 Å². The lowest BCUT2D eigenvalue weighted by molar-refractivity contribution is -0.122. The van der Waals surface area contributed by atoms with E-state index in [1.165, 1.54) is 22.5 Å². The molecule has 1 aromatic carbocycles. The van der Waals surface area contributed by atoms with Gasteiger partial charge in [0, 0.05) is 25.2 Å². The van der Waals surface area contributed by atoms with Crippen LogP contribution in [-0.2, 0) is 14.8 Å². The first-order chi connectivity index (χ1) is 12.3. The van der Waals surface area contributed by atoms with E-state index >= 15 is 0 Å². The number of hydrogen-bond donors (Lipinski definition) is 2. The molecule has 0 bridgehead atoms. The Kier molecular flexibility index (Phi) is 7.02. The normalized spacial score (nSPS) is 16.3. The highest BCUT2D eigenvalue weighted by molar-refractivity contribution is 7.89. The van der Waals surface area contributed by atoms with Crippen molar-refractivity contribution in [2.75, 3.05) is 19.6 Å². The van der Waals surface area contributed by atoms with Crippen molar-refractivity contribution in [3.63, 3.8) is 0 Å². The molecule has 1 saturated heterocycles. The molecule has 0 aliphatic carbocycles. The van der Waals surface area contributed by atoms with Crippen molar-refractivity contribution in [1.82, 2.24) is 14.9 Å². The third-order valence-corrected chi connectivity index (χ3v) is 6.55. The lowest BCUT2D eigenvalue weighted by atomic mass is 10.2. The van der Waals surface area contributed by atoms with E-state index in [-0.39, 0.29) is 21.4 Å². The van der Waals surface area contributed by atoms with E-state index in [0.29, 0.717) is 19.6 Å². The fraction of sp³-hybridized carbons (Fsp3) is 0.529. The first-order valence-corrected chi connectivity index (χ1v) is 10.5. The molecule has 2 N–H and O–H groups in total. The van der Waals surface area contributed by atoms with Gasteiger partial charge in [-0.25, -0.2) is 8.42 Å². The zero-order valence-electron chi connectivity index (χ0n) is 14.9. The van der Waals surface area contributed by atoms with E-state index in [4.69, 9.17) is 11.6 Å². The Morgan fingerprint density at radius 3 is 2.54 bits per heavy atom. The molecule has 1 atom stereocenters. The summed E-state index contributed by atoms with van der Waals surface area (Å²) in [5.41, 5.74) is 0.141. The second-order valence-corrected chi connectivity index (χ2v) is 8.56. The van der Waals surface area contributed by atoms with E-state index in [2.05, 4.69) is 10.6 Å². The lowest BCUT2D eigenvalue weighted by Gasteiger charge is -2.18. The fourth-order valence-corrected chi connectivity index (χ4v) is 4.67. The maximum atomic E-state index is 12.7. The zero-order valence-corrected chi connectivity index (χ0v) is 16.5. The van der Waals surface area contributed by atoms with Gasteiger partial charge in [0.25, 0.3) is 5.91 Å². The minimum absolute atomic E-state index is 0.0715. The summed E-state index contributed by atoms with van der Waals surface area (Å²) in [7, 11) is -3.74. The summed E-state index contributed by atoms with van der Waals surface area (Å²) in [5.74, 6) is -0.822. The van der Waals surface area contributed by atoms with Gasteiger partial charge in [-0.15, -0.1) is 0 Å². The summed E-state index contributed by atoms with van der Waals surface area (Å²) in [4.78, 5) is 24.2. The number of sulfonamides is 1. The number of nitrogens with one attached hydrogen (secondary N) is 2. The van der Waals surface area contributed by atoms with Crippen molar-refractivity contribution in [2.45, 2.75) is 44.0 Å². The van der Waals surface area contributed by atoms with Crippen LogP contribution in [0.1, 0.15) is 43.5 Å². The molecule has 1 fully saturated rings. The molecule has 9 heteroatoms. The molecular weight excluding hydrogens is 378 g/mol. The Labute approximate surface area is 159 Å². The van der Waals surface area contributed by atoms with Gasteiger partial charge in [-0.1, -0.05) is 18.5 Å². The maximum absolute atomic E-state index is 12.7. The third kappa shape index (κ3) is 4.75. The number of nitrogens with zero attached hydrogens (tertiary/aromatic N) is 1. The van der Waals surface area contributed by atoms with Crippen LogP contribution < -0.4 is 10.6 Å². The van der Waals surface area contributed by atoms with E-state index in [1.807, 2.05) is 6.92 Å². The van der Waals surface area contributed by atoms with Crippen molar-refractivity contribution < 1.29 is 18.0 Å². The summed E-state index contributed by atoms with van der Waals surface area (Å²) in [5, 5.41) is 5.33. The first-order valence-electron chi connectivity index (χ1n) is 8.65. The van der Waals surface area contributed by atoms with Crippen LogP contribution >= 0.6 is 11.6 Å². The van der Waals surface area contributed by atoms with Gasteiger partial charge in [0.05, 0.1) is 5.02 Å². The van der Waals surface area contributed by atoms with E-state index in [0.717, 1.165) is 19.3 Å². The number of carbonyl (C=O) groups is 2. The quantitative estimate of drug-likeness (QED) is 0.727. The average molecular weight is 402 g/mol. The van der Waals surface area contributed by atoms with Gasteiger partial charge in [0.1, 0.15) is 10.9 Å². The third-order valence-electron chi connectivity index (χ3n) is 4.17.